The lowest BCUT2D eigenvalue weighted by molar-refractivity contribution is -0.194. The second-order valence-electron chi connectivity index (χ2n) is 16.9. The van der Waals surface area contributed by atoms with Gasteiger partial charge in [-0.05, 0) is 19.3 Å². The zero-order valence-corrected chi connectivity index (χ0v) is 36.4. The van der Waals surface area contributed by atoms with Gasteiger partial charge in [-0.1, -0.05) is 233 Å². The average molecular weight is 765 g/mol. The predicted molar refractivity (Wildman–Crippen MR) is 229 cm³/mol. The number of Topliss-reactive ketones (excluding diaryl/α,β-unsaturated/α-hetero) is 3. The van der Waals surface area contributed by atoms with Crippen molar-refractivity contribution in [1.29, 1.82) is 0 Å². The van der Waals surface area contributed by atoms with E-state index in [0.29, 0.717) is 19.3 Å². The number of carbonyl (C=O) groups is 3. The Balaban J connectivity index is 4.98. The van der Waals surface area contributed by atoms with Crippen molar-refractivity contribution in [3.8, 4) is 0 Å². The smallest absolute Gasteiger partial charge is 0.219 e. The highest BCUT2D eigenvalue weighted by Gasteiger charge is 2.62. The number of aliphatic hydroxyl groups excluding tert-OH is 1. The fourth-order valence-electron chi connectivity index (χ4n) is 7.97. The Hall–Kier alpha value is -1.11. The molecule has 0 aliphatic rings. The molecule has 1 atom stereocenters. The van der Waals surface area contributed by atoms with Gasteiger partial charge < -0.3 is 15.3 Å². The number of aliphatic hydroxyl groups is 3. The van der Waals surface area contributed by atoms with E-state index in [1.807, 2.05) is 0 Å². The molecule has 0 bridgehead atoms. The highest BCUT2D eigenvalue weighted by Crippen LogP contribution is 2.32. The summed E-state index contributed by atoms with van der Waals surface area (Å²) in [7, 11) is 0. The summed E-state index contributed by atoms with van der Waals surface area (Å²) >= 11 is 0. The first-order chi connectivity index (χ1) is 26.3. The quantitative estimate of drug-likeness (QED) is 0.0421. The fraction of sp³-hybridized carbons (Fsp3) is 0.938. The summed E-state index contributed by atoms with van der Waals surface area (Å²) in [6.07, 6.45) is 40.3. The van der Waals surface area contributed by atoms with Crippen LogP contribution < -0.4 is 0 Å². The lowest BCUT2D eigenvalue weighted by atomic mass is 9.71. The number of carbonyl (C=O) groups excluding carboxylic acids is 3. The monoisotopic (exact) mass is 765 g/mol. The molecule has 0 aromatic rings. The van der Waals surface area contributed by atoms with Crippen LogP contribution in [0.1, 0.15) is 271 Å². The third-order valence-electron chi connectivity index (χ3n) is 11.9. The van der Waals surface area contributed by atoms with E-state index >= 15 is 0 Å². The SMILES string of the molecule is CCCCCCCCCCCCCCC(=O)C(O)(CO)C(O)(C(=O)CCCCCCCCCCCCCC)C(=O)CCCCCCCCCCCCCC. The number of hydrogen-bond acceptors (Lipinski definition) is 6. The molecule has 6 nitrogen and oxygen atoms in total. The van der Waals surface area contributed by atoms with Gasteiger partial charge in [0.2, 0.25) is 5.60 Å². The molecule has 0 aliphatic heterocycles. The first-order valence-electron chi connectivity index (χ1n) is 23.9. The number of hydrogen-bond donors (Lipinski definition) is 3. The Kier molecular flexibility index (Phi) is 36.7. The molecule has 0 aliphatic carbocycles. The maximum Gasteiger partial charge on any atom is 0.219 e. The summed E-state index contributed by atoms with van der Waals surface area (Å²) in [6.45, 7) is 5.56. The average Bonchev–Trinajstić information content (AvgIpc) is 3.18. The minimum atomic E-state index is -2.91. The summed E-state index contributed by atoms with van der Waals surface area (Å²) in [6, 6.07) is 0. The van der Waals surface area contributed by atoms with E-state index in [1.54, 1.807) is 0 Å². The molecule has 0 heterocycles. The Morgan fingerprint density at radius 3 is 0.704 bits per heavy atom. The minimum Gasteiger partial charge on any atom is -0.393 e. The topological polar surface area (TPSA) is 112 Å². The minimum absolute atomic E-state index is 0.0748. The zero-order valence-electron chi connectivity index (χ0n) is 36.4. The van der Waals surface area contributed by atoms with Gasteiger partial charge in [0.25, 0.3) is 0 Å². The number of unbranched alkanes of at least 4 members (excludes halogenated alkanes) is 33. The van der Waals surface area contributed by atoms with E-state index in [9.17, 15) is 29.7 Å². The molecule has 0 saturated heterocycles. The van der Waals surface area contributed by atoms with E-state index in [0.717, 1.165) is 57.8 Å². The molecule has 0 amide bonds. The van der Waals surface area contributed by atoms with Crippen molar-refractivity contribution < 1.29 is 29.7 Å². The van der Waals surface area contributed by atoms with Crippen LogP contribution in [0.15, 0.2) is 0 Å². The Morgan fingerprint density at radius 1 is 0.315 bits per heavy atom. The molecule has 6 heteroatoms. The molecule has 0 rings (SSSR count). The van der Waals surface area contributed by atoms with Gasteiger partial charge >= 0.3 is 0 Å². The van der Waals surface area contributed by atoms with Crippen molar-refractivity contribution in [2.24, 2.45) is 0 Å². The first kappa shape index (κ1) is 52.9. The van der Waals surface area contributed by atoms with Gasteiger partial charge in [0.1, 0.15) is 0 Å². The van der Waals surface area contributed by atoms with Crippen LogP contribution in [0, 0.1) is 0 Å². The molecule has 0 fully saturated rings. The Labute approximate surface area is 335 Å². The molecule has 1 unspecified atom stereocenters. The van der Waals surface area contributed by atoms with Crippen LogP contribution in [0.5, 0.6) is 0 Å². The molecule has 0 radical (unpaired) electrons. The molecule has 0 aromatic carbocycles. The summed E-state index contributed by atoms with van der Waals surface area (Å²) < 4.78 is 0. The van der Waals surface area contributed by atoms with E-state index in [-0.39, 0.29) is 19.3 Å². The van der Waals surface area contributed by atoms with Crippen molar-refractivity contribution in [1.82, 2.24) is 0 Å². The standard InChI is InChI=1S/C48H92O6/c1-4-7-10-13-16-19-22-25-28-31-34-37-40-44(50)47(53,43-49)48(54,45(51)41-38-35-32-29-26-23-20-17-14-11-8-5-2)46(52)42-39-36-33-30-27-24-21-18-15-12-9-6-3/h49,53-54H,4-43H2,1-3H3. The third-order valence-corrected chi connectivity index (χ3v) is 11.9. The van der Waals surface area contributed by atoms with Gasteiger partial charge in [-0.25, -0.2) is 0 Å². The number of rotatable bonds is 44. The van der Waals surface area contributed by atoms with Gasteiger partial charge in [-0.2, -0.15) is 0 Å². The Morgan fingerprint density at radius 2 is 0.500 bits per heavy atom. The number of ketones is 3. The van der Waals surface area contributed by atoms with Crippen LogP contribution in [-0.2, 0) is 14.4 Å². The highest BCUT2D eigenvalue weighted by atomic mass is 16.4. The van der Waals surface area contributed by atoms with Crippen LogP contribution in [0.2, 0.25) is 0 Å². The van der Waals surface area contributed by atoms with E-state index in [4.69, 9.17) is 0 Å². The molecule has 320 valence electrons. The third kappa shape index (κ3) is 25.2. The van der Waals surface area contributed by atoms with Crippen LogP contribution in [-0.4, -0.2) is 50.5 Å². The van der Waals surface area contributed by atoms with Crippen molar-refractivity contribution in [3.63, 3.8) is 0 Å². The van der Waals surface area contributed by atoms with Crippen molar-refractivity contribution in [3.05, 3.63) is 0 Å². The summed E-state index contributed by atoms with van der Waals surface area (Å²) in [5.41, 5.74) is -5.72. The van der Waals surface area contributed by atoms with Gasteiger partial charge in [0.05, 0.1) is 6.61 Å². The van der Waals surface area contributed by atoms with Crippen molar-refractivity contribution in [2.45, 2.75) is 282 Å². The molecule has 0 spiro atoms. The van der Waals surface area contributed by atoms with E-state index in [2.05, 4.69) is 20.8 Å². The van der Waals surface area contributed by atoms with E-state index < -0.39 is 35.2 Å². The maximum absolute atomic E-state index is 13.7. The highest BCUT2D eigenvalue weighted by molar-refractivity contribution is 6.16. The fourth-order valence-corrected chi connectivity index (χ4v) is 7.97. The lowest BCUT2D eigenvalue weighted by Crippen LogP contribution is -2.69. The van der Waals surface area contributed by atoms with Crippen LogP contribution in [0.25, 0.3) is 0 Å². The van der Waals surface area contributed by atoms with Crippen LogP contribution in [0.4, 0.5) is 0 Å². The predicted octanol–water partition coefficient (Wildman–Crippen LogP) is 13.4. The molecular weight excluding hydrogens is 673 g/mol. The second-order valence-corrected chi connectivity index (χ2v) is 16.9. The van der Waals surface area contributed by atoms with Crippen LogP contribution >= 0.6 is 0 Å². The summed E-state index contributed by atoms with van der Waals surface area (Å²) in [5.74, 6) is -2.44. The molecule has 0 aromatic heterocycles. The van der Waals surface area contributed by atoms with Gasteiger partial charge in [-0.3, -0.25) is 14.4 Å². The normalized spacial score (nSPS) is 13.0. The largest absolute Gasteiger partial charge is 0.393 e. The second kappa shape index (κ2) is 37.5. The summed E-state index contributed by atoms with van der Waals surface area (Å²) in [5, 5.41) is 33.9. The Bertz CT molecular complexity index is 831. The van der Waals surface area contributed by atoms with Crippen molar-refractivity contribution in [2.75, 3.05) is 6.61 Å². The van der Waals surface area contributed by atoms with Gasteiger partial charge in [-0.15, -0.1) is 0 Å². The molecule has 54 heavy (non-hydrogen) atoms. The van der Waals surface area contributed by atoms with Crippen LogP contribution in [0.3, 0.4) is 0 Å². The zero-order chi connectivity index (χ0) is 40.0. The lowest BCUT2D eigenvalue weighted by Gasteiger charge is -2.39. The molecule has 0 saturated carbocycles. The van der Waals surface area contributed by atoms with Gasteiger partial charge in [0.15, 0.2) is 23.0 Å². The molecular formula is C48H92O6. The van der Waals surface area contributed by atoms with Crippen molar-refractivity contribution >= 4 is 17.3 Å². The summed E-state index contributed by atoms with van der Waals surface area (Å²) in [4.78, 5) is 40.9. The first-order valence-corrected chi connectivity index (χ1v) is 23.9. The maximum atomic E-state index is 13.7. The van der Waals surface area contributed by atoms with E-state index in [1.165, 1.54) is 154 Å². The van der Waals surface area contributed by atoms with Gasteiger partial charge in [0, 0.05) is 19.3 Å². The molecule has 3 N–H and O–H groups in total.